The standard InChI is InChI=1S/C78H50N8/c1-3-17-51-49(15-1)69(45-27-31-65(83-41-45)61-23-5-9-35-79-61)75-55-21-13-19-53-58-40-60-74-54(57(58)39-59(73(53)55)77(75)71(51)47-29-33-67(85-43-47)63-25-7-11-37-81-63)20-14-22-56(74)76-70(46-28-32-66(84-42-46)62-24-6-10-36-80-62)50-16-2-4-18-52(50)72(78(60)76)48-30-34-68(86-44-48)64-26-8-12-38-82-64/h1-35,37-44,63-64,80-82H,36H2. The van der Waals surface area contributed by atoms with Gasteiger partial charge in [-0.25, -0.2) is 0 Å². The van der Waals surface area contributed by atoms with E-state index in [4.69, 9.17) is 19.9 Å². The quantitative estimate of drug-likeness (QED) is 0.129. The molecule has 3 aliphatic heterocycles. The lowest BCUT2D eigenvalue weighted by molar-refractivity contribution is 0.721. The van der Waals surface area contributed by atoms with E-state index in [0.717, 1.165) is 90.3 Å². The molecule has 8 nitrogen and oxygen atoms in total. The van der Waals surface area contributed by atoms with Crippen molar-refractivity contribution in [2.24, 2.45) is 0 Å². The van der Waals surface area contributed by atoms with Crippen LogP contribution < -0.4 is 16.0 Å². The van der Waals surface area contributed by atoms with Crippen LogP contribution in [-0.2, 0) is 0 Å². The molecule has 86 heavy (non-hydrogen) atoms. The van der Waals surface area contributed by atoms with E-state index in [2.05, 4.69) is 228 Å². The van der Waals surface area contributed by atoms with E-state index in [1.165, 1.54) is 91.9 Å². The minimum absolute atomic E-state index is 0.0114. The van der Waals surface area contributed by atoms with Crippen molar-refractivity contribution >= 4 is 103 Å². The summed E-state index contributed by atoms with van der Waals surface area (Å²) >= 11 is 0. The van der Waals surface area contributed by atoms with Crippen LogP contribution in [0.3, 0.4) is 0 Å². The van der Waals surface area contributed by atoms with E-state index in [9.17, 15) is 0 Å². The average Bonchev–Trinajstić information content (AvgIpc) is 1.68. The van der Waals surface area contributed by atoms with Crippen molar-refractivity contribution in [2.45, 2.75) is 12.1 Å². The summed E-state index contributed by atoms with van der Waals surface area (Å²) in [6.45, 7) is 0.774. The molecule has 15 aromatic rings. The molecule has 0 saturated carbocycles. The Kier molecular flexibility index (Phi) is 10.7. The normalized spacial score (nSPS) is 15.7. The molecule has 8 heterocycles. The van der Waals surface area contributed by atoms with Crippen LogP contribution >= 0.6 is 0 Å². The lowest BCUT2D eigenvalue weighted by Gasteiger charge is -2.18. The summed E-state index contributed by atoms with van der Waals surface area (Å²) < 4.78 is 0. The fourth-order valence-electron chi connectivity index (χ4n) is 14.4. The van der Waals surface area contributed by atoms with Gasteiger partial charge in [-0.15, -0.1) is 0 Å². The molecule has 0 saturated heterocycles. The Morgan fingerprint density at radius 2 is 0.767 bits per heavy atom. The summed E-state index contributed by atoms with van der Waals surface area (Å²) in [7, 11) is 0. The number of benzene rings is 8. The molecule has 18 rings (SSSR count). The van der Waals surface area contributed by atoms with E-state index in [0.29, 0.717) is 0 Å². The van der Waals surface area contributed by atoms with Crippen molar-refractivity contribution in [3.05, 3.63) is 279 Å². The van der Waals surface area contributed by atoms with Crippen molar-refractivity contribution < 1.29 is 0 Å². The molecule has 8 heteroatoms. The van der Waals surface area contributed by atoms with Gasteiger partial charge in [0.1, 0.15) is 0 Å². The summed E-state index contributed by atoms with van der Waals surface area (Å²) in [6, 6.07) is 60.4. The highest BCUT2D eigenvalue weighted by Gasteiger charge is 2.29. The lowest BCUT2D eigenvalue weighted by atomic mass is 9.87. The van der Waals surface area contributed by atoms with Gasteiger partial charge in [-0.3, -0.25) is 24.9 Å². The molecule has 3 N–H and O–H groups in total. The number of allylic oxidation sites excluding steroid dienone is 6. The molecular formula is C78H50N8. The minimum atomic E-state index is -0.0134. The molecule has 402 valence electrons. The van der Waals surface area contributed by atoms with E-state index in [-0.39, 0.29) is 12.1 Å². The molecule has 0 aliphatic carbocycles. The van der Waals surface area contributed by atoms with Crippen molar-refractivity contribution in [2.75, 3.05) is 6.54 Å². The summed E-state index contributed by atoms with van der Waals surface area (Å²) in [5, 5.41) is 32.1. The third-order valence-corrected chi connectivity index (χ3v) is 18.1. The SMILES string of the molecule is C1=CCNC(c2ccc(-c3c4ccccc4c(-c4ccc(C5C=CC=CN5)nc4)c4c5cc6c(cc7c8c(-c9ccc(C%10C=CC=CN%10)nc9)c9ccccc9c(-c9ccc(-c%10ccccn%10)nc9)c8c8cccc6c87)c6cccc(c34)c65)cn2)=C1. The highest BCUT2D eigenvalue weighted by atomic mass is 14.9. The van der Waals surface area contributed by atoms with Crippen LogP contribution in [0.15, 0.2) is 262 Å². The largest absolute Gasteiger partial charge is 0.380 e. The number of hydrogen-bond acceptors (Lipinski definition) is 8. The Morgan fingerprint density at radius 3 is 1.19 bits per heavy atom. The van der Waals surface area contributed by atoms with Gasteiger partial charge in [0.15, 0.2) is 0 Å². The zero-order valence-electron chi connectivity index (χ0n) is 46.4. The number of hydrogen-bond donors (Lipinski definition) is 3. The van der Waals surface area contributed by atoms with Crippen LogP contribution in [0.4, 0.5) is 0 Å². The maximum Gasteiger partial charge on any atom is 0.0886 e. The zero-order valence-corrected chi connectivity index (χ0v) is 46.4. The first-order valence-electron chi connectivity index (χ1n) is 29.4. The van der Waals surface area contributed by atoms with Gasteiger partial charge in [0, 0.05) is 59.8 Å². The summed E-state index contributed by atoms with van der Waals surface area (Å²) in [4.78, 5) is 25.4. The predicted octanol–water partition coefficient (Wildman–Crippen LogP) is 18.2. The third-order valence-electron chi connectivity index (χ3n) is 18.1. The molecule has 0 amide bonds. The Labute approximate surface area is 494 Å². The first kappa shape index (κ1) is 48.2. The average molecular weight is 1100 g/mol. The number of aromatic nitrogens is 5. The number of nitrogens with zero attached hydrogens (tertiary/aromatic N) is 5. The van der Waals surface area contributed by atoms with Gasteiger partial charge in [0.2, 0.25) is 0 Å². The Morgan fingerprint density at radius 1 is 0.326 bits per heavy atom. The number of pyridine rings is 5. The summed E-state index contributed by atoms with van der Waals surface area (Å²) in [5.41, 5.74) is 14.4. The lowest BCUT2D eigenvalue weighted by Crippen LogP contribution is -2.16. The van der Waals surface area contributed by atoms with Gasteiger partial charge in [0.25, 0.3) is 0 Å². The molecule has 3 aliphatic rings. The second kappa shape index (κ2) is 19.1. The van der Waals surface area contributed by atoms with Gasteiger partial charge < -0.3 is 16.0 Å². The minimum Gasteiger partial charge on any atom is -0.380 e. The van der Waals surface area contributed by atoms with Crippen molar-refractivity contribution in [3.8, 4) is 55.9 Å². The van der Waals surface area contributed by atoms with Gasteiger partial charge in [-0.05, 0) is 198 Å². The fourth-order valence-corrected chi connectivity index (χ4v) is 14.4. The number of nitrogens with one attached hydrogen (secondary N) is 3. The summed E-state index contributed by atoms with van der Waals surface area (Å²) in [6.07, 6.45) is 32.9. The molecule has 10 aromatic carbocycles. The number of fused-ring (bicyclic) bond motifs is 11. The molecular weight excluding hydrogens is 1050 g/mol. The highest BCUT2D eigenvalue weighted by molar-refractivity contribution is 6.47. The topological polar surface area (TPSA) is 101 Å². The van der Waals surface area contributed by atoms with Crippen molar-refractivity contribution in [1.82, 2.24) is 40.9 Å². The Hall–Kier alpha value is -11.4. The second-order valence-electron chi connectivity index (χ2n) is 22.7. The number of dihydropyridines is 3. The van der Waals surface area contributed by atoms with E-state index in [1.54, 1.807) is 0 Å². The van der Waals surface area contributed by atoms with E-state index >= 15 is 0 Å². The highest BCUT2D eigenvalue weighted by Crippen LogP contribution is 2.56. The van der Waals surface area contributed by atoms with Crippen LogP contribution in [0.2, 0.25) is 0 Å². The maximum absolute atomic E-state index is 5.21. The van der Waals surface area contributed by atoms with Crippen molar-refractivity contribution in [1.29, 1.82) is 0 Å². The van der Waals surface area contributed by atoms with Gasteiger partial charge in [-0.1, -0.05) is 152 Å². The first-order chi connectivity index (χ1) is 42.7. The smallest absolute Gasteiger partial charge is 0.0886 e. The molecule has 2 unspecified atom stereocenters. The molecule has 0 radical (unpaired) electrons. The monoisotopic (exact) mass is 1100 g/mol. The van der Waals surface area contributed by atoms with Crippen LogP contribution in [0, 0.1) is 0 Å². The fraction of sp³-hybridized carbons (Fsp3) is 0.0385. The zero-order chi connectivity index (χ0) is 56.4. The Balaban J connectivity index is 0.959. The molecule has 2 atom stereocenters. The van der Waals surface area contributed by atoms with Gasteiger partial charge in [0.05, 0.1) is 46.3 Å². The van der Waals surface area contributed by atoms with Crippen LogP contribution in [0.1, 0.15) is 29.2 Å². The van der Waals surface area contributed by atoms with Crippen LogP contribution in [0.25, 0.3) is 159 Å². The van der Waals surface area contributed by atoms with Crippen LogP contribution in [0.5, 0.6) is 0 Å². The van der Waals surface area contributed by atoms with Gasteiger partial charge in [-0.2, -0.15) is 0 Å². The van der Waals surface area contributed by atoms with E-state index < -0.39 is 0 Å². The molecule has 0 spiro atoms. The molecule has 0 fully saturated rings. The number of rotatable bonds is 8. The third kappa shape index (κ3) is 7.26. The second-order valence-corrected chi connectivity index (χ2v) is 22.7. The maximum atomic E-state index is 5.21. The van der Waals surface area contributed by atoms with Crippen LogP contribution in [-0.4, -0.2) is 31.5 Å². The van der Waals surface area contributed by atoms with Gasteiger partial charge >= 0.3 is 0 Å². The molecule has 0 bridgehead atoms. The Bertz CT molecular complexity index is 5490. The predicted molar refractivity (Wildman–Crippen MR) is 356 cm³/mol. The van der Waals surface area contributed by atoms with Crippen molar-refractivity contribution in [3.63, 3.8) is 0 Å². The molecule has 5 aromatic heterocycles. The first-order valence-corrected chi connectivity index (χ1v) is 29.4. The summed E-state index contributed by atoms with van der Waals surface area (Å²) in [5.74, 6) is 0. The van der Waals surface area contributed by atoms with E-state index in [1.807, 2.05) is 55.1 Å².